The van der Waals surface area contributed by atoms with Crippen LogP contribution in [-0.4, -0.2) is 24.6 Å². The fraction of sp³-hybridized carbons (Fsp3) is 0.308. The van der Waals surface area contributed by atoms with Crippen molar-refractivity contribution in [2.24, 2.45) is 5.10 Å². The summed E-state index contributed by atoms with van der Waals surface area (Å²) in [6, 6.07) is 9.30. The molecular formula is C13H17N3O2. The highest BCUT2D eigenvalue weighted by molar-refractivity contribution is 6.35. The number of hydrazone groups is 1. The molecule has 5 heteroatoms. The van der Waals surface area contributed by atoms with Gasteiger partial charge in [-0.1, -0.05) is 43.7 Å². The Kier molecular flexibility index (Phi) is 6.17. The molecule has 2 amide bonds. The predicted molar refractivity (Wildman–Crippen MR) is 70.1 cm³/mol. The third-order valence-electron chi connectivity index (χ3n) is 2.20. The summed E-state index contributed by atoms with van der Waals surface area (Å²) in [6.45, 7) is 2.52. The van der Waals surface area contributed by atoms with Crippen molar-refractivity contribution in [3.05, 3.63) is 35.9 Å². The van der Waals surface area contributed by atoms with Crippen LogP contribution in [0.3, 0.4) is 0 Å². The molecule has 1 aromatic carbocycles. The zero-order valence-corrected chi connectivity index (χ0v) is 10.3. The van der Waals surface area contributed by atoms with E-state index in [-0.39, 0.29) is 0 Å². The maximum Gasteiger partial charge on any atom is 0.329 e. The molecule has 0 bridgehead atoms. The molecule has 0 fully saturated rings. The molecule has 0 spiro atoms. The third kappa shape index (κ3) is 5.25. The van der Waals surface area contributed by atoms with Gasteiger partial charge in [0.15, 0.2) is 0 Å². The first-order valence-electron chi connectivity index (χ1n) is 5.90. The molecule has 18 heavy (non-hydrogen) atoms. The minimum Gasteiger partial charge on any atom is -0.348 e. The standard InChI is InChI=1S/C13H17N3O2/c1-2-3-9-14-12(17)13(18)16-15-10-11-7-5-4-6-8-11/h4-8,10H,2-3,9H2,1H3,(H,14,17)(H,16,18)/b15-10-. The van der Waals surface area contributed by atoms with Gasteiger partial charge < -0.3 is 5.32 Å². The Labute approximate surface area is 106 Å². The van der Waals surface area contributed by atoms with E-state index >= 15 is 0 Å². The number of rotatable bonds is 5. The molecule has 0 aliphatic heterocycles. The van der Waals surface area contributed by atoms with Crippen molar-refractivity contribution in [2.75, 3.05) is 6.54 Å². The van der Waals surface area contributed by atoms with E-state index in [4.69, 9.17) is 0 Å². The van der Waals surface area contributed by atoms with Crippen LogP contribution in [0.15, 0.2) is 35.4 Å². The summed E-state index contributed by atoms with van der Waals surface area (Å²) in [4.78, 5) is 22.6. The number of amides is 2. The number of hydrogen-bond acceptors (Lipinski definition) is 3. The summed E-state index contributed by atoms with van der Waals surface area (Å²) in [7, 11) is 0. The Balaban J connectivity index is 2.32. The van der Waals surface area contributed by atoms with Gasteiger partial charge in [0.1, 0.15) is 0 Å². The summed E-state index contributed by atoms with van der Waals surface area (Å²) >= 11 is 0. The second-order valence-electron chi connectivity index (χ2n) is 3.72. The van der Waals surface area contributed by atoms with Gasteiger partial charge >= 0.3 is 11.8 Å². The first-order chi connectivity index (χ1) is 8.74. The second kappa shape index (κ2) is 8.00. The molecule has 0 heterocycles. The topological polar surface area (TPSA) is 70.6 Å². The zero-order valence-electron chi connectivity index (χ0n) is 10.3. The van der Waals surface area contributed by atoms with E-state index in [1.54, 1.807) is 0 Å². The summed E-state index contributed by atoms with van der Waals surface area (Å²) in [6.07, 6.45) is 3.30. The Hall–Kier alpha value is -2.17. The predicted octanol–water partition coefficient (Wildman–Crippen LogP) is 1.05. The second-order valence-corrected chi connectivity index (χ2v) is 3.72. The molecule has 0 atom stereocenters. The van der Waals surface area contributed by atoms with Crippen LogP contribution in [0.5, 0.6) is 0 Å². The Morgan fingerprint density at radius 1 is 1.22 bits per heavy atom. The van der Waals surface area contributed by atoms with Crippen LogP contribution in [-0.2, 0) is 9.59 Å². The summed E-state index contributed by atoms with van der Waals surface area (Å²) in [5.41, 5.74) is 3.03. The highest BCUT2D eigenvalue weighted by Gasteiger charge is 2.10. The van der Waals surface area contributed by atoms with Gasteiger partial charge in [0.25, 0.3) is 0 Å². The van der Waals surface area contributed by atoms with E-state index in [9.17, 15) is 9.59 Å². The monoisotopic (exact) mass is 247 g/mol. The molecule has 0 aliphatic carbocycles. The van der Waals surface area contributed by atoms with Crippen LogP contribution in [0, 0.1) is 0 Å². The van der Waals surface area contributed by atoms with Crippen molar-refractivity contribution in [3.8, 4) is 0 Å². The zero-order chi connectivity index (χ0) is 13.2. The molecule has 0 aromatic heterocycles. The first kappa shape index (κ1) is 13.9. The van der Waals surface area contributed by atoms with Crippen LogP contribution in [0.2, 0.25) is 0 Å². The van der Waals surface area contributed by atoms with Crippen molar-refractivity contribution in [3.63, 3.8) is 0 Å². The number of unbranched alkanes of at least 4 members (excludes halogenated alkanes) is 1. The maximum atomic E-state index is 11.3. The fourth-order valence-electron chi connectivity index (χ4n) is 1.21. The Morgan fingerprint density at radius 2 is 1.94 bits per heavy atom. The highest BCUT2D eigenvalue weighted by atomic mass is 16.2. The molecule has 1 rings (SSSR count). The molecule has 5 nitrogen and oxygen atoms in total. The molecule has 1 aromatic rings. The molecular weight excluding hydrogens is 230 g/mol. The minimum absolute atomic E-state index is 0.505. The van der Waals surface area contributed by atoms with Crippen molar-refractivity contribution < 1.29 is 9.59 Å². The van der Waals surface area contributed by atoms with E-state index in [0.717, 1.165) is 18.4 Å². The summed E-state index contributed by atoms with van der Waals surface area (Å²) in [5, 5.41) is 6.21. The molecule has 0 saturated heterocycles. The normalized spacial score (nSPS) is 10.3. The van der Waals surface area contributed by atoms with E-state index in [0.29, 0.717) is 6.54 Å². The average Bonchev–Trinajstić information content (AvgIpc) is 2.40. The van der Waals surface area contributed by atoms with Gasteiger partial charge in [-0.25, -0.2) is 5.43 Å². The molecule has 0 radical (unpaired) electrons. The molecule has 0 unspecified atom stereocenters. The lowest BCUT2D eigenvalue weighted by Crippen LogP contribution is -2.38. The molecule has 0 saturated carbocycles. The molecule has 2 N–H and O–H groups in total. The van der Waals surface area contributed by atoms with Gasteiger partial charge in [-0.05, 0) is 12.0 Å². The smallest absolute Gasteiger partial charge is 0.329 e. The number of hydrogen-bond donors (Lipinski definition) is 2. The number of carbonyl (C=O) groups excluding carboxylic acids is 2. The van der Waals surface area contributed by atoms with Gasteiger partial charge in [-0.15, -0.1) is 0 Å². The third-order valence-corrected chi connectivity index (χ3v) is 2.20. The maximum absolute atomic E-state index is 11.3. The number of carbonyl (C=O) groups is 2. The lowest BCUT2D eigenvalue weighted by atomic mass is 10.2. The summed E-state index contributed by atoms with van der Waals surface area (Å²) in [5.74, 6) is -1.41. The van der Waals surface area contributed by atoms with Crippen molar-refractivity contribution in [1.29, 1.82) is 0 Å². The van der Waals surface area contributed by atoms with Gasteiger partial charge in [0.05, 0.1) is 6.21 Å². The molecule has 96 valence electrons. The van der Waals surface area contributed by atoms with E-state index in [1.165, 1.54) is 6.21 Å². The average molecular weight is 247 g/mol. The van der Waals surface area contributed by atoms with Crippen molar-refractivity contribution >= 4 is 18.0 Å². The quantitative estimate of drug-likeness (QED) is 0.353. The van der Waals surface area contributed by atoms with E-state index in [1.807, 2.05) is 37.3 Å². The Bertz CT molecular complexity index is 416. The van der Waals surface area contributed by atoms with Crippen molar-refractivity contribution in [1.82, 2.24) is 10.7 Å². The van der Waals surface area contributed by atoms with Gasteiger partial charge in [-0.2, -0.15) is 5.10 Å². The number of nitrogens with one attached hydrogen (secondary N) is 2. The summed E-state index contributed by atoms with van der Waals surface area (Å²) < 4.78 is 0. The van der Waals surface area contributed by atoms with Gasteiger partial charge in [0.2, 0.25) is 0 Å². The van der Waals surface area contributed by atoms with Crippen LogP contribution in [0.4, 0.5) is 0 Å². The molecule has 0 aliphatic rings. The van der Waals surface area contributed by atoms with E-state index < -0.39 is 11.8 Å². The van der Waals surface area contributed by atoms with Crippen LogP contribution in [0.25, 0.3) is 0 Å². The van der Waals surface area contributed by atoms with Crippen molar-refractivity contribution in [2.45, 2.75) is 19.8 Å². The van der Waals surface area contributed by atoms with Crippen LogP contribution >= 0.6 is 0 Å². The lowest BCUT2D eigenvalue weighted by molar-refractivity contribution is -0.139. The number of nitrogens with zero attached hydrogens (tertiary/aromatic N) is 1. The lowest BCUT2D eigenvalue weighted by Gasteiger charge is -2.01. The minimum atomic E-state index is -0.752. The SMILES string of the molecule is CCCCNC(=O)C(=O)N/N=C\c1ccccc1. The van der Waals surface area contributed by atoms with Crippen LogP contribution in [0.1, 0.15) is 25.3 Å². The highest BCUT2D eigenvalue weighted by Crippen LogP contribution is 1.93. The van der Waals surface area contributed by atoms with Crippen LogP contribution < -0.4 is 10.7 Å². The van der Waals surface area contributed by atoms with Gasteiger partial charge in [-0.3, -0.25) is 9.59 Å². The van der Waals surface area contributed by atoms with E-state index in [2.05, 4.69) is 15.8 Å². The first-order valence-corrected chi connectivity index (χ1v) is 5.90. The largest absolute Gasteiger partial charge is 0.348 e. The van der Waals surface area contributed by atoms with Gasteiger partial charge in [0, 0.05) is 6.54 Å². The fourth-order valence-corrected chi connectivity index (χ4v) is 1.21. The Morgan fingerprint density at radius 3 is 2.61 bits per heavy atom. The number of benzene rings is 1.